The van der Waals surface area contributed by atoms with Crippen molar-refractivity contribution in [1.29, 1.82) is 0 Å². The number of hydrogen-bond donors (Lipinski definition) is 0. The predicted molar refractivity (Wildman–Crippen MR) is 155 cm³/mol. The molecule has 188 valence electrons. The molecular formula is C31H20ClN5OS. The van der Waals surface area contributed by atoms with Crippen LogP contribution < -0.4 is 0 Å². The third-order valence-electron chi connectivity index (χ3n) is 7.05. The lowest BCUT2D eigenvalue weighted by Gasteiger charge is -2.20. The summed E-state index contributed by atoms with van der Waals surface area (Å²) in [6, 6.07) is 17.8. The van der Waals surface area contributed by atoms with Gasteiger partial charge in [0.1, 0.15) is 17.4 Å². The van der Waals surface area contributed by atoms with Gasteiger partial charge in [-0.25, -0.2) is 0 Å². The highest BCUT2D eigenvalue weighted by molar-refractivity contribution is 7.15. The van der Waals surface area contributed by atoms with Crippen molar-refractivity contribution in [3.05, 3.63) is 111 Å². The van der Waals surface area contributed by atoms with Crippen LogP contribution in [0.25, 0.3) is 21.8 Å². The maximum atomic E-state index is 13.0. The Bertz CT molecular complexity index is 1940. The number of halogens is 1. The number of benzene rings is 2. The molecule has 3 aromatic heterocycles. The molecule has 0 bridgehead atoms. The zero-order chi connectivity index (χ0) is 26.5. The van der Waals surface area contributed by atoms with Gasteiger partial charge in [-0.3, -0.25) is 19.3 Å². The van der Waals surface area contributed by atoms with Crippen LogP contribution in [0.5, 0.6) is 0 Å². The number of ketones is 1. The number of hydrogen-bond acceptors (Lipinski definition) is 6. The van der Waals surface area contributed by atoms with Crippen molar-refractivity contribution in [3.8, 4) is 16.8 Å². The van der Waals surface area contributed by atoms with E-state index in [0.29, 0.717) is 18.0 Å². The molecule has 0 saturated carbocycles. The average molecular weight is 546 g/mol. The molecule has 4 heterocycles. The lowest BCUT2D eigenvalue weighted by atomic mass is 9.83. The van der Waals surface area contributed by atoms with Gasteiger partial charge in [-0.05, 0) is 42.2 Å². The Labute approximate surface area is 233 Å². The zero-order valence-corrected chi connectivity index (χ0v) is 22.4. The van der Waals surface area contributed by atoms with Gasteiger partial charge in [-0.2, -0.15) is 0 Å². The number of carbonyl (C=O) groups is 1. The van der Waals surface area contributed by atoms with Crippen molar-refractivity contribution in [2.45, 2.75) is 25.8 Å². The number of aliphatic imine (C=N–C) groups is 1. The van der Waals surface area contributed by atoms with E-state index in [0.717, 1.165) is 60.4 Å². The molecule has 0 amide bonds. The summed E-state index contributed by atoms with van der Waals surface area (Å²) in [5.41, 5.74) is 4.40. The molecule has 39 heavy (non-hydrogen) atoms. The minimum Gasteiger partial charge on any atom is -0.294 e. The van der Waals surface area contributed by atoms with Crippen molar-refractivity contribution in [3.63, 3.8) is 0 Å². The summed E-state index contributed by atoms with van der Waals surface area (Å²) >= 11 is 8.15. The van der Waals surface area contributed by atoms with E-state index in [9.17, 15) is 4.79 Å². The van der Waals surface area contributed by atoms with Crippen molar-refractivity contribution in [1.82, 2.24) is 19.7 Å². The van der Waals surface area contributed by atoms with Crippen molar-refractivity contribution in [2.24, 2.45) is 4.99 Å². The topological polar surface area (TPSA) is 73.0 Å². The summed E-state index contributed by atoms with van der Waals surface area (Å²) in [6.45, 7) is 2.34. The molecular weight excluding hydrogens is 526 g/mol. The first-order valence-electron chi connectivity index (χ1n) is 12.5. The SMILES string of the molecule is Cc1nnc2n1-c1sc(C#CCC3C(=O)C=Cc4ncc5ccccc5c43)cc1C(c1ccccc1Cl)=NC2. The number of pyridine rings is 1. The second-order valence-corrected chi connectivity index (χ2v) is 10.8. The van der Waals surface area contributed by atoms with Crippen molar-refractivity contribution < 1.29 is 4.79 Å². The van der Waals surface area contributed by atoms with Gasteiger partial charge in [-0.1, -0.05) is 65.9 Å². The normalized spacial score (nSPS) is 15.6. The average Bonchev–Trinajstić information content (AvgIpc) is 3.49. The highest BCUT2D eigenvalue weighted by atomic mass is 35.5. The summed E-state index contributed by atoms with van der Waals surface area (Å²) in [4.78, 5) is 23.3. The molecule has 1 aliphatic heterocycles. The summed E-state index contributed by atoms with van der Waals surface area (Å²) in [5.74, 6) is 7.88. The quantitative estimate of drug-likeness (QED) is 0.244. The van der Waals surface area contributed by atoms with Crippen LogP contribution in [0, 0.1) is 18.8 Å². The van der Waals surface area contributed by atoms with Gasteiger partial charge >= 0.3 is 0 Å². The van der Waals surface area contributed by atoms with E-state index in [-0.39, 0.29) is 11.7 Å². The van der Waals surface area contributed by atoms with Gasteiger partial charge in [-0.15, -0.1) is 21.5 Å². The van der Waals surface area contributed by atoms with Crippen molar-refractivity contribution >= 4 is 51.3 Å². The molecule has 6 nitrogen and oxygen atoms in total. The Morgan fingerprint density at radius 1 is 1.08 bits per heavy atom. The van der Waals surface area contributed by atoms with Crippen LogP contribution in [0.1, 0.15) is 51.2 Å². The highest BCUT2D eigenvalue weighted by Crippen LogP contribution is 2.36. The zero-order valence-electron chi connectivity index (χ0n) is 20.9. The Morgan fingerprint density at radius 2 is 1.92 bits per heavy atom. The molecule has 2 aromatic carbocycles. The summed E-state index contributed by atoms with van der Waals surface area (Å²) < 4.78 is 2.04. The first-order chi connectivity index (χ1) is 19.1. The predicted octanol–water partition coefficient (Wildman–Crippen LogP) is 6.31. The Kier molecular flexibility index (Phi) is 5.73. The minimum absolute atomic E-state index is 0.0508. The number of carbonyl (C=O) groups excluding carboxylic acids is 1. The lowest BCUT2D eigenvalue weighted by Crippen LogP contribution is -2.15. The fraction of sp³-hybridized carbons (Fsp3) is 0.129. The molecule has 0 saturated heterocycles. The molecule has 0 N–H and O–H groups in total. The Balaban J connectivity index is 1.29. The van der Waals surface area contributed by atoms with Crippen LogP contribution in [0.3, 0.4) is 0 Å². The molecule has 1 aliphatic carbocycles. The lowest BCUT2D eigenvalue weighted by molar-refractivity contribution is -0.115. The van der Waals surface area contributed by atoms with E-state index in [1.807, 2.05) is 66.2 Å². The van der Waals surface area contributed by atoms with Crippen LogP contribution in [-0.2, 0) is 11.3 Å². The molecule has 8 heteroatoms. The summed E-state index contributed by atoms with van der Waals surface area (Å²) in [5, 5.41) is 12.3. The largest absolute Gasteiger partial charge is 0.294 e. The molecule has 2 aliphatic rings. The summed E-state index contributed by atoms with van der Waals surface area (Å²) in [7, 11) is 0. The fourth-order valence-corrected chi connectivity index (χ4v) is 6.56. The van der Waals surface area contributed by atoms with Crippen LogP contribution in [0.15, 0.2) is 71.9 Å². The number of nitrogens with zero attached hydrogens (tertiary/aromatic N) is 5. The highest BCUT2D eigenvalue weighted by Gasteiger charge is 2.27. The van der Waals surface area contributed by atoms with Crippen LogP contribution in [-0.4, -0.2) is 31.2 Å². The minimum atomic E-state index is -0.360. The number of allylic oxidation sites excluding steroid dienone is 1. The molecule has 1 atom stereocenters. The van der Waals surface area contributed by atoms with Crippen LogP contribution >= 0.6 is 22.9 Å². The van der Waals surface area contributed by atoms with E-state index in [2.05, 4.69) is 33.1 Å². The smallest absolute Gasteiger partial charge is 0.164 e. The van der Waals surface area contributed by atoms with Gasteiger partial charge in [0.25, 0.3) is 0 Å². The first-order valence-corrected chi connectivity index (χ1v) is 13.7. The van der Waals surface area contributed by atoms with E-state index < -0.39 is 0 Å². The first kappa shape index (κ1) is 23.7. The second kappa shape index (κ2) is 9.42. The molecule has 1 unspecified atom stereocenters. The van der Waals surface area contributed by atoms with Gasteiger partial charge in [0, 0.05) is 34.2 Å². The van der Waals surface area contributed by atoms with E-state index >= 15 is 0 Å². The second-order valence-electron chi connectivity index (χ2n) is 9.41. The fourth-order valence-electron chi connectivity index (χ4n) is 5.23. The molecule has 0 spiro atoms. The molecule has 7 rings (SSSR count). The van der Waals surface area contributed by atoms with Crippen LogP contribution in [0.4, 0.5) is 0 Å². The maximum absolute atomic E-state index is 13.0. The Hall–Kier alpha value is -4.38. The number of rotatable bonds is 2. The molecule has 0 fully saturated rings. The van der Waals surface area contributed by atoms with Gasteiger partial charge < -0.3 is 0 Å². The third kappa shape index (κ3) is 4.00. The van der Waals surface area contributed by atoms with Gasteiger partial charge in [0.05, 0.1) is 22.2 Å². The van der Waals surface area contributed by atoms with Gasteiger partial charge in [0.15, 0.2) is 11.6 Å². The van der Waals surface area contributed by atoms with Crippen molar-refractivity contribution in [2.75, 3.05) is 0 Å². The third-order valence-corrected chi connectivity index (χ3v) is 8.42. The monoisotopic (exact) mass is 545 g/mol. The standard InChI is InChI=1S/C31H20ClN5OS/c1-18-35-36-28-17-34-30(22-10-4-5-12-25(22)32)24-15-20(39-31(24)37(18)28)8-6-11-23-27(38)14-13-26-29(23)21-9-3-2-7-19(21)16-33-26/h2-5,7,9-10,12-16,23H,11,17H2,1H3. The van der Waals surface area contributed by atoms with E-state index in [4.69, 9.17) is 16.6 Å². The maximum Gasteiger partial charge on any atom is 0.164 e. The number of aromatic nitrogens is 4. The number of aryl methyl sites for hydroxylation is 1. The summed E-state index contributed by atoms with van der Waals surface area (Å²) in [6.07, 6.45) is 5.68. The number of fused-ring (bicyclic) bond motifs is 6. The Morgan fingerprint density at radius 3 is 2.82 bits per heavy atom. The molecule has 5 aromatic rings. The van der Waals surface area contributed by atoms with Crippen LogP contribution in [0.2, 0.25) is 5.02 Å². The van der Waals surface area contributed by atoms with Gasteiger partial charge in [0.2, 0.25) is 0 Å². The van der Waals surface area contributed by atoms with E-state index in [1.165, 1.54) is 0 Å². The van der Waals surface area contributed by atoms with E-state index in [1.54, 1.807) is 23.5 Å². The molecule has 0 radical (unpaired) electrons. The number of thiophene rings is 1.